The Kier molecular flexibility index (Phi) is 8.15. The molecule has 2 amide bonds. The molecule has 0 aliphatic carbocycles. The van der Waals surface area contributed by atoms with Crippen LogP contribution in [-0.2, 0) is 26.9 Å². The molecule has 1 aliphatic rings. The third-order valence-corrected chi connectivity index (χ3v) is 8.88. The molecule has 0 unspecified atom stereocenters. The van der Waals surface area contributed by atoms with Crippen LogP contribution in [0, 0.1) is 0 Å². The van der Waals surface area contributed by atoms with Crippen LogP contribution in [0.3, 0.4) is 0 Å². The number of anilines is 2. The second kappa shape index (κ2) is 11.0. The molecule has 1 aromatic heterocycles. The number of sulfone groups is 1. The van der Waals surface area contributed by atoms with Gasteiger partial charge in [0.2, 0.25) is 0 Å². The van der Waals surface area contributed by atoms with E-state index in [-0.39, 0.29) is 38.5 Å². The van der Waals surface area contributed by atoms with E-state index in [0.717, 1.165) is 0 Å². The molecule has 2 heterocycles. The van der Waals surface area contributed by atoms with Gasteiger partial charge in [-0.15, -0.1) is 0 Å². The molecule has 192 valence electrons. The van der Waals surface area contributed by atoms with Gasteiger partial charge in [0.05, 0.1) is 0 Å². The fourth-order valence-electron chi connectivity index (χ4n) is 3.47. The summed E-state index contributed by atoms with van der Waals surface area (Å²) in [5, 5.41) is 9.92. The molecule has 12 heteroatoms. The molecule has 0 saturated heterocycles. The van der Waals surface area contributed by atoms with Crippen LogP contribution in [0.15, 0.2) is 66.0 Å². The van der Waals surface area contributed by atoms with Gasteiger partial charge in [0.1, 0.15) is 0 Å². The molecule has 3 aromatic rings. The number of benzene rings is 2. The van der Waals surface area contributed by atoms with Crippen LogP contribution in [0.5, 0.6) is 0 Å². The average molecular weight is 644 g/mol. The number of carbonyl (C=O) groups excluding carboxylic acids is 1. The van der Waals surface area contributed by atoms with Crippen LogP contribution in [0.25, 0.3) is 0 Å². The molecule has 9 nitrogen and oxygen atoms in total. The standard InChI is InChI=1S/C24H25ClIN4O5S/c1-24(2,32)35-16-26-15-30-21-18(13-29(23(30)31)20-11-7-6-10-19(20)25)12-27-22(28-21)36(33,34)14-17-8-4-3-5-9-17/h3-12,32H,13-16H2,1-2H3/q-1. The van der Waals surface area contributed by atoms with Crippen LogP contribution in [-0.4, -0.2) is 44.5 Å². The van der Waals surface area contributed by atoms with Gasteiger partial charge in [-0.1, -0.05) is 0 Å². The summed E-state index contributed by atoms with van der Waals surface area (Å²) in [4.78, 5) is 25.1. The Morgan fingerprint density at radius 2 is 1.83 bits per heavy atom. The van der Waals surface area contributed by atoms with Crippen molar-refractivity contribution >= 4 is 39.0 Å². The van der Waals surface area contributed by atoms with E-state index in [0.29, 0.717) is 21.8 Å². The summed E-state index contributed by atoms with van der Waals surface area (Å²) in [6.07, 6.45) is 1.45. The summed E-state index contributed by atoms with van der Waals surface area (Å²) in [7, 11) is -3.85. The maximum absolute atomic E-state index is 13.6. The first-order valence-electron chi connectivity index (χ1n) is 10.9. The van der Waals surface area contributed by atoms with Crippen molar-refractivity contribution < 1.29 is 44.3 Å². The van der Waals surface area contributed by atoms with Crippen molar-refractivity contribution in [3.63, 3.8) is 0 Å². The van der Waals surface area contributed by atoms with Gasteiger partial charge in [0.15, 0.2) is 0 Å². The first kappa shape index (κ1) is 26.7. The summed E-state index contributed by atoms with van der Waals surface area (Å²) in [5.41, 5.74) is 1.75. The number of fused-ring (bicyclic) bond motifs is 1. The second-order valence-electron chi connectivity index (χ2n) is 8.50. The van der Waals surface area contributed by atoms with Crippen molar-refractivity contribution in [1.29, 1.82) is 0 Å². The number of nitrogens with zero attached hydrogens (tertiary/aromatic N) is 4. The number of amides is 2. The number of para-hydroxylation sites is 1. The summed E-state index contributed by atoms with van der Waals surface area (Å²) in [6, 6.07) is 15.4. The number of aliphatic hydroxyl groups is 1. The number of carbonyl (C=O) groups is 1. The average Bonchev–Trinajstić information content (AvgIpc) is 2.82. The number of alkyl halides is 2. The number of rotatable bonds is 9. The Balaban J connectivity index is 1.67. The number of hydrogen-bond acceptors (Lipinski definition) is 7. The molecular formula is C24H25ClIN4O5S-. The maximum atomic E-state index is 13.6. The van der Waals surface area contributed by atoms with Gasteiger partial charge in [-0.3, -0.25) is 0 Å². The molecule has 1 aliphatic heterocycles. The fourth-order valence-corrected chi connectivity index (χ4v) is 7.18. The van der Waals surface area contributed by atoms with Gasteiger partial charge in [0.25, 0.3) is 0 Å². The number of halogens is 2. The van der Waals surface area contributed by atoms with Crippen molar-refractivity contribution in [2.24, 2.45) is 0 Å². The van der Waals surface area contributed by atoms with Crippen molar-refractivity contribution in [1.82, 2.24) is 9.97 Å². The number of aromatic nitrogens is 2. The molecule has 36 heavy (non-hydrogen) atoms. The molecule has 2 aromatic carbocycles. The van der Waals surface area contributed by atoms with Gasteiger partial charge in [-0.05, 0) is 0 Å². The van der Waals surface area contributed by atoms with Gasteiger partial charge < -0.3 is 0 Å². The molecule has 1 N–H and O–H groups in total. The molecule has 0 spiro atoms. The van der Waals surface area contributed by atoms with Crippen LogP contribution >= 0.6 is 11.6 Å². The Labute approximate surface area is 225 Å². The third-order valence-electron chi connectivity index (χ3n) is 5.18. The molecular weight excluding hydrogens is 619 g/mol. The van der Waals surface area contributed by atoms with E-state index in [1.807, 2.05) is 6.07 Å². The summed E-state index contributed by atoms with van der Waals surface area (Å²) < 4.78 is 32.2. The van der Waals surface area contributed by atoms with E-state index in [4.69, 9.17) is 16.3 Å². The van der Waals surface area contributed by atoms with Crippen molar-refractivity contribution in [3.05, 3.63) is 76.9 Å². The van der Waals surface area contributed by atoms with Gasteiger partial charge in [0, 0.05) is 0 Å². The SMILES string of the molecule is CC(C)(O)OC[I-]CN1C(=O)N(c2ccccc2Cl)Cc2cnc(S(=O)(=O)Cc3ccccc3)nc21. The first-order chi connectivity index (χ1) is 17.0. The number of ether oxygens (including phenoxy) is 1. The van der Waals surface area contributed by atoms with Crippen LogP contribution in [0.1, 0.15) is 25.0 Å². The van der Waals surface area contributed by atoms with Gasteiger partial charge >= 0.3 is 226 Å². The number of urea groups is 1. The monoisotopic (exact) mass is 643 g/mol. The van der Waals surface area contributed by atoms with Crippen molar-refractivity contribution in [2.45, 2.75) is 37.1 Å². The second-order valence-corrected chi connectivity index (χ2v) is 13.2. The van der Waals surface area contributed by atoms with Crippen LogP contribution in [0.4, 0.5) is 16.3 Å². The van der Waals surface area contributed by atoms with E-state index in [1.54, 1.807) is 48.5 Å². The number of hydrogen-bond donors (Lipinski definition) is 1. The molecule has 0 fully saturated rings. The van der Waals surface area contributed by atoms with E-state index >= 15 is 0 Å². The van der Waals surface area contributed by atoms with Crippen molar-refractivity contribution in [2.75, 3.05) is 19.0 Å². The summed E-state index contributed by atoms with van der Waals surface area (Å²) in [5.74, 6) is -1.28. The Morgan fingerprint density at radius 3 is 2.53 bits per heavy atom. The van der Waals surface area contributed by atoms with Crippen molar-refractivity contribution in [3.8, 4) is 0 Å². The molecule has 0 bridgehead atoms. The minimum atomic E-state index is -3.85. The third kappa shape index (κ3) is 6.32. The Hall–Kier alpha value is -2.32. The van der Waals surface area contributed by atoms with Crippen LogP contribution < -0.4 is 31.0 Å². The summed E-state index contributed by atoms with van der Waals surface area (Å²) >= 11 is 5.63. The van der Waals surface area contributed by atoms with E-state index < -0.39 is 36.8 Å². The predicted molar refractivity (Wildman–Crippen MR) is 132 cm³/mol. The van der Waals surface area contributed by atoms with Crippen LogP contribution in [0.2, 0.25) is 5.02 Å². The Morgan fingerprint density at radius 1 is 1.14 bits per heavy atom. The van der Waals surface area contributed by atoms with Gasteiger partial charge in [-0.2, -0.15) is 0 Å². The van der Waals surface area contributed by atoms with Gasteiger partial charge in [-0.25, -0.2) is 0 Å². The first-order valence-corrected chi connectivity index (χ1v) is 16.0. The zero-order valence-electron chi connectivity index (χ0n) is 19.6. The minimum absolute atomic E-state index is 0.145. The predicted octanol–water partition coefficient (Wildman–Crippen LogP) is 0.800. The van der Waals surface area contributed by atoms with E-state index in [1.165, 1.54) is 29.8 Å². The molecule has 0 saturated carbocycles. The van der Waals surface area contributed by atoms with E-state index in [9.17, 15) is 18.3 Å². The normalized spacial score (nSPS) is 14.3. The molecule has 4 rings (SSSR count). The fraction of sp³-hybridized carbons (Fsp3) is 0.292. The topological polar surface area (TPSA) is 113 Å². The zero-order valence-corrected chi connectivity index (χ0v) is 23.4. The van der Waals surface area contributed by atoms with E-state index in [2.05, 4.69) is 9.97 Å². The Bertz CT molecular complexity index is 1350. The quantitative estimate of drug-likeness (QED) is 0.0917. The molecule has 0 radical (unpaired) electrons. The zero-order chi connectivity index (χ0) is 25.9. The summed E-state index contributed by atoms with van der Waals surface area (Å²) in [6.45, 7) is 3.22. The molecule has 0 atom stereocenters.